The molecule has 10 heavy (non-hydrogen) atoms. The predicted octanol–water partition coefficient (Wildman–Crippen LogP) is 1.31. The molecule has 0 saturated carbocycles. The topological polar surface area (TPSA) is 56.9 Å². The van der Waals surface area contributed by atoms with Crippen LogP contribution in [0.15, 0.2) is 12.3 Å². The Hall–Kier alpha value is -1.27. The lowest BCUT2D eigenvalue weighted by molar-refractivity contribution is 0.473. The van der Waals surface area contributed by atoms with Gasteiger partial charge in [-0.2, -0.15) is 5.26 Å². The van der Waals surface area contributed by atoms with Gasteiger partial charge in [-0.1, -0.05) is 11.6 Å². The van der Waals surface area contributed by atoms with Crippen LogP contribution >= 0.6 is 11.6 Å². The van der Waals surface area contributed by atoms with Crippen LogP contribution in [0.2, 0.25) is 5.15 Å². The van der Waals surface area contributed by atoms with Crippen molar-refractivity contribution in [3.8, 4) is 11.8 Å². The summed E-state index contributed by atoms with van der Waals surface area (Å²) in [5.41, 5.74) is 0.0177. The number of rotatable bonds is 0. The van der Waals surface area contributed by atoms with E-state index >= 15 is 0 Å². The molecule has 0 bridgehead atoms. The molecular weight excluding hydrogens is 152 g/mol. The maximum Gasteiger partial charge on any atom is 0.150 e. The van der Waals surface area contributed by atoms with Crippen molar-refractivity contribution in [1.82, 2.24) is 4.98 Å². The van der Waals surface area contributed by atoms with Crippen LogP contribution in [-0.2, 0) is 0 Å². The van der Waals surface area contributed by atoms with Crippen molar-refractivity contribution in [3.63, 3.8) is 0 Å². The van der Waals surface area contributed by atoms with Crippen molar-refractivity contribution in [2.24, 2.45) is 0 Å². The second-order valence-electron chi connectivity index (χ2n) is 1.61. The van der Waals surface area contributed by atoms with Gasteiger partial charge < -0.3 is 5.11 Å². The summed E-state index contributed by atoms with van der Waals surface area (Å²) in [5, 5.41) is 17.3. The molecule has 0 aliphatic carbocycles. The molecule has 1 heterocycles. The van der Waals surface area contributed by atoms with Gasteiger partial charge >= 0.3 is 0 Å². The van der Waals surface area contributed by atoms with Gasteiger partial charge in [-0.25, -0.2) is 4.98 Å². The Morgan fingerprint density at radius 2 is 2.40 bits per heavy atom. The molecule has 1 aromatic rings. The smallest absolute Gasteiger partial charge is 0.150 e. The normalized spacial score (nSPS) is 8.80. The van der Waals surface area contributed by atoms with Crippen LogP contribution in [0.5, 0.6) is 5.75 Å². The van der Waals surface area contributed by atoms with Crippen molar-refractivity contribution < 1.29 is 5.11 Å². The molecular formula is C6H3ClN2O. The van der Waals surface area contributed by atoms with Crippen molar-refractivity contribution in [1.29, 1.82) is 5.26 Å². The Morgan fingerprint density at radius 1 is 1.70 bits per heavy atom. The molecule has 0 aliphatic rings. The monoisotopic (exact) mass is 154 g/mol. The Kier molecular flexibility index (Phi) is 1.74. The standard InChI is InChI=1S/C6H3ClN2O/c7-6-4(3-8)5(10)1-2-9-6/h1-2H,(H,9,10). The Labute approximate surface area is 62.5 Å². The zero-order valence-electron chi connectivity index (χ0n) is 4.87. The van der Waals surface area contributed by atoms with E-state index in [4.69, 9.17) is 22.0 Å². The molecule has 1 N–H and O–H groups in total. The second-order valence-corrected chi connectivity index (χ2v) is 1.97. The van der Waals surface area contributed by atoms with E-state index in [0.29, 0.717) is 0 Å². The first-order valence-corrected chi connectivity index (χ1v) is 2.87. The molecule has 50 valence electrons. The molecule has 1 rings (SSSR count). The summed E-state index contributed by atoms with van der Waals surface area (Å²) in [5.74, 6) is -0.137. The first-order valence-electron chi connectivity index (χ1n) is 2.49. The second kappa shape index (κ2) is 2.54. The van der Waals surface area contributed by atoms with Crippen LogP contribution in [0.3, 0.4) is 0 Å². The van der Waals surface area contributed by atoms with Gasteiger partial charge in [0.05, 0.1) is 0 Å². The molecule has 1 aromatic heterocycles. The van der Waals surface area contributed by atoms with Gasteiger partial charge in [-0.15, -0.1) is 0 Å². The number of nitrogens with zero attached hydrogens (tertiary/aromatic N) is 2. The predicted molar refractivity (Wildman–Crippen MR) is 35.6 cm³/mol. The third kappa shape index (κ3) is 1.02. The van der Waals surface area contributed by atoms with Gasteiger partial charge in [-0.3, -0.25) is 0 Å². The van der Waals surface area contributed by atoms with E-state index in [0.717, 1.165) is 0 Å². The van der Waals surface area contributed by atoms with Gasteiger partial charge in [0.15, 0.2) is 5.15 Å². The zero-order valence-corrected chi connectivity index (χ0v) is 5.63. The van der Waals surface area contributed by atoms with Gasteiger partial charge in [-0.05, 0) is 6.07 Å². The summed E-state index contributed by atoms with van der Waals surface area (Å²) in [4.78, 5) is 3.59. The van der Waals surface area contributed by atoms with Gasteiger partial charge in [0.1, 0.15) is 17.4 Å². The maximum absolute atomic E-state index is 8.94. The van der Waals surface area contributed by atoms with Crippen molar-refractivity contribution >= 4 is 11.6 Å². The maximum atomic E-state index is 8.94. The Balaban J connectivity index is 3.34. The van der Waals surface area contributed by atoms with Crippen LogP contribution in [0.1, 0.15) is 5.56 Å². The molecule has 0 unspecified atom stereocenters. The fourth-order valence-electron chi connectivity index (χ4n) is 0.530. The minimum absolute atomic E-state index is 0.0177. The highest BCUT2D eigenvalue weighted by atomic mass is 35.5. The van der Waals surface area contributed by atoms with Crippen molar-refractivity contribution in [2.75, 3.05) is 0 Å². The molecule has 0 aliphatic heterocycles. The average Bonchev–Trinajstić information content (AvgIpc) is 1.88. The zero-order chi connectivity index (χ0) is 7.56. The number of hydrogen-bond donors (Lipinski definition) is 1. The van der Waals surface area contributed by atoms with E-state index in [1.165, 1.54) is 12.3 Å². The summed E-state index contributed by atoms with van der Waals surface area (Å²) in [6.45, 7) is 0. The first-order chi connectivity index (χ1) is 4.75. The minimum Gasteiger partial charge on any atom is -0.506 e. The van der Waals surface area contributed by atoms with E-state index in [9.17, 15) is 0 Å². The third-order valence-electron chi connectivity index (χ3n) is 0.995. The van der Waals surface area contributed by atoms with E-state index in [2.05, 4.69) is 4.98 Å². The summed E-state index contributed by atoms with van der Waals surface area (Å²) >= 11 is 5.44. The average molecular weight is 155 g/mol. The van der Waals surface area contributed by atoms with E-state index in [1.54, 1.807) is 6.07 Å². The summed E-state index contributed by atoms with van der Waals surface area (Å²) in [6, 6.07) is 3.03. The molecule has 0 saturated heterocycles. The Morgan fingerprint density at radius 3 is 2.80 bits per heavy atom. The summed E-state index contributed by atoms with van der Waals surface area (Å²) in [7, 11) is 0. The number of hydrogen-bond acceptors (Lipinski definition) is 3. The third-order valence-corrected chi connectivity index (χ3v) is 1.28. The number of pyridine rings is 1. The van der Waals surface area contributed by atoms with Crippen LogP contribution < -0.4 is 0 Å². The van der Waals surface area contributed by atoms with Crippen LogP contribution in [0, 0.1) is 11.3 Å². The molecule has 0 amide bonds. The highest BCUT2D eigenvalue weighted by Gasteiger charge is 2.04. The molecule has 0 radical (unpaired) electrons. The molecule has 0 fully saturated rings. The fourth-order valence-corrected chi connectivity index (χ4v) is 0.726. The molecule has 3 nitrogen and oxygen atoms in total. The van der Waals surface area contributed by atoms with Gasteiger partial charge in [0, 0.05) is 6.20 Å². The molecule has 0 atom stereocenters. The summed E-state index contributed by atoms with van der Waals surface area (Å²) in [6.07, 6.45) is 1.33. The fraction of sp³-hybridized carbons (Fsp3) is 0. The number of nitriles is 1. The van der Waals surface area contributed by atoms with Crippen molar-refractivity contribution in [2.45, 2.75) is 0 Å². The van der Waals surface area contributed by atoms with Gasteiger partial charge in [0.25, 0.3) is 0 Å². The highest BCUT2D eigenvalue weighted by molar-refractivity contribution is 6.30. The lowest BCUT2D eigenvalue weighted by Crippen LogP contribution is -1.81. The quantitative estimate of drug-likeness (QED) is 0.574. The molecule has 4 heteroatoms. The van der Waals surface area contributed by atoms with E-state index < -0.39 is 0 Å². The number of halogens is 1. The lowest BCUT2D eigenvalue weighted by atomic mass is 10.3. The van der Waals surface area contributed by atoms with Gasteiger partial charge in [0.2, 0.25) is 0 Å². The van der Waals surface area contributed by atoms with Crippen LogP contribution in [0.4, 0.5) is 0 Å². The van der Waals surface area contributed by atoms with Crippen molar-refractivity contribution in [3.05, 3.63) is 23.0 Å². The first kappa shape index (κ1) is 6.84. The Bertz CT molecular complexity index is 272. The van der Waals surface area contributed by atoms with E-state index in [-0.39, 0.29) is 16.5 Å². The molecule has 0 aromatic carbocycles. The van der Waals surface area contributed by atoms with E-state index in [1.807, 2.05) is 0 Å². The highest BCUT2D eigenvalue weighted by Crippen LogP contribution is 2.20. The molecule has 0 spiro atoms. The SMILES string of the molecule is N#Cc1c(O)ccnc1Cl. The lowest BCUT2D eigenvalue weighted by Gasteiger charge is -1.94. The summed E-state index contributed by atoms with van der Waals surface area (Å²) < 4.78 is 0. The van der Waals surface area contributed by atoms with Crippen LogP contribution in [-0.4, -0.2) is 10.1 Å². The largest absolute Gasteiger partial charge is 0.506 e. The number of aromatic nitrogens is 1. The minimum atomic E-state index is -0.137. The number of aromatic hydroxyl groups is 1. The van der Waals surface area contributed by atoms with Crippen LogP contribution in [0.25, 0.3) is 0 Å².